The summed E-state index contributed by atoms with van der Waals surface area (Å²) in [5, 5.41) is 2.96. The number of rotatable bonds is 5. The summed E-state index contributed by atoms with van der Waals surface area (Å²) in [6.45, 7) is 1.54. The first-order chi connectivity index (χ1) is 13.7. The largest absolute Gasteiger partial charge is 0.469 e. The zero-order valence-electron chi connectivity index (χ0n) is 16.5. The van der Waals surface area contributed by atoms with Gasteiger partial charge in [-0.15, -0.1) is 0 Å². The molecule has 2 heterocycles. The molecule has 0 radical (unpaired) electrons. The highest BCUT2D eigenvalue weighted by Crippen LogP contribution is 2.31. The lowest BCUT2D eigenvalue weighted by molar-refractivity contribution is -0.141. The molecular weight excluding hydrogens is 387 g/mol. The number of nitrogens with zero attached hydrogens (tertiary/aromatic N) is 2. The smallest absolute Gasteiger partial charge is 0.416 e. The zero-order chi connectivity index (χ0) is 21.2. The topological polar surface area (TPSA) is 61.9 Å². The molecule has 0 aromatic heterocycles. The van der Waals surface area contributed by atoms with Crippen LogP contribution in [0.3, 0.4) is 0 Å². The summed E-state index contributed by atoms with van der Waals surface area (Å²) in [4.78, 5) is 28.4. The summed E-state index contributed by atoms with van der Waals surface area (Å²) in [5.74, 6) is -0.354. The van der Waals surface area contributed by atoms with Gasteiger partial charge in [0.25, 0.3) is 0 Å². The molecule has 3 rings (SSSR count). The first-order valence-electron chi connectivity index (χ1n) is 9.67. The fraction of sp³-hybridized carbons (Fsp3) is 0.600. The zero-order valence-corrected chi connectivity index (χ0v) is 16.5. The lowest BCUT2D eigenvalue weighted by atomic mass is 10.0. The van der Waals surface area contributed by atoms with E-state index in [-0.39, 0.29) is 36.4 Å². The Morgan fingerprint density at radius 3 is 2.59 bits per heavy atom. The number of fused-ring (bicyclic) bond motifs is 1. The first kappa shape index (κ1) is 21.6. The van der Waals surface area contributed by atoms with E-state index in [2.05, 4.69) is 10.2 Å². The summed E-state index contributed by atoms with van der Waals surface area (Å²) in [7, 11) is 3.31. The maximum absolute atomic E-state index is 12.8. The highest BCUT2D eigenvalue weighted by atomic mass is 19.4. The summed E-state index contributed by atoms with van der Waals surface area (Å²) in [6, 6.07) is 4.73. The maximum Gasteiger partial charge on any atom is 0.416 e. The summed E-state index contributed by atoms with van der Waals surface area (Å²) >= 11 is 0. The van der Waals surface area contributed by atoms with Crippen molar-refractivity contribution in [3.63, 3.8) is 0 Å². The molecule has 3 atom stereocenters. The number of carbonyl (C=O) groups excluding carboxylic acids is 2. The van der Waals surface area contributed by atoms with Crippen molar-refractivity contribution in [1.29, 1.82) is 0 Å². The number of hydrogen-bond donors (Lipinski definition) is 1. The molecule has 0 aliphatic carbocycles. The molecule has 29 heavy (non-hydrogen) atoms. The molecule has 0 unspecified atom stereocenters. The number of likely N-dealkylation sites (N-methyl/N-ethyl adjacent to an activating group) is 1. The van der Waals surface area contributed by atoms with Crippen molar-refractivity contribution in [3.8, 4) is 0 Å². The van der Waals surface area contributed by atoms with Crippen molar-refractivity contribution in [2.24, 2.45) is 0 Å². The molecule has 0 spiro atoms. The second-order valence-electron chi connectivity index (χ2n) is 7.65. The van der Waals surface area contributed by atoms with Crippen LogP contribution in [0.25, 0.3) is 0 Å². The minimum Gasteiger partial charge on any atom is -0.469 e. The SMILES string of the molecule is COC(=O)CC[C@H]1CNC(=O)[C@@H]2[C@@H](CCN2Cc2ccc(C(F)(F)F)cc2)N1C. The predicted octanol–water partition coefficient (Wildman–Crippen LogP) is 2.03. The van der Waals surface area contributed by atoms with E-state index in [1.807, 2.05) is 11.9 Å². The van der Waals surface area contributed by atoms with Gasteiger partial charge in [0.05, 0.1) is 12.7 Å². The van der Waals surface area contributed by atoms with E-state index >= 15 is 0 Å². The number of methoxy groups -OCH3 is 1. The van der Waals surface area contributed by atoms with Gasteiger partial charge >= 0.3 is 12.1 Å². The van der Waals surface area contributed by atoms with E-state index < -0.39 is 11.7 Å². The first-order valence-corrected chi connectivity index (χ1v) is 9.67. The Labute approximate surface area is 168 Å². The molecule has 2 aliphatic rings. The van der Waals surface area contributed by atoms with Crippen LogP contribution < -0.4 is 5.32 Å². The van der Waals surface area contributed by atoms with Crippen LogP contribution in [-0.4, -0.2) is 67.0 Å². The lowest BCUT2D eigenvalue weighted by Gasteiger charge is -2.33. The number of amides is 1. The Bertz CT molecular complexity index is 739. The molecule has 6 nitrogen and oxygen atoms in total. The lowest BCUT2D eigenvalue weighted by Crippen LogP contribution is -2.49. The Balaban J connectivity index is 1.68. The van der Waals surface area contributed by atoms with E-state index in [1.54, 1.807) is 0 Å². The van der Waals surface area contributed by atoms with Crippen molar-refractivity contribution in [2.75, 3.05) is 27.2 Å². The quantitative estimate of drug-likeness (QED) is 0.749. The molecule has 160 valence electrons. The van der Waals surface area contributed by atoms with Gasteiger partial charge < -0.3 is 10.1 Å². The minimum atomic E-state index is -4.36. The average Bonchev–Trinajstić information content (AvgIpc) is 3.05. The third-order valence-electron chi connectivity index (χ3n) is 5.93. The van der Waals surface area contributed by atoms with E-state index in [1.165, 1.54) is 19.2 Å². The van der Waals surface area contributed by atoms with Crippen LogP contribution >= 0.6 is 0 Å². The number of alkyl halides is 3. The molecule has 0 saturated carbocycles. The molecule has 1 amide bonds. The number of benzene rings is 1. The highest BCUT2D eigenvalue weighted by Gasteiger charge is 2.45. The summed E-state index contributed by atoms with van der Waals surface area (Å²) < 4.78 is 43.0. The number of nitrogens with one attached hydrogen (secondary N) is 1. The Kier molecular flexibility index (Phi) is 6.48. The van der Waals surface area contributed by atoms with Gasteiger partial charge in [0, 0.05) is 38.1 Å². The third-order valence-corrected chi connectivity index (χ3v) is 5.93. The second kappa shape index (κ2) is 8.71. The molecule has 2 fully saturated rings. The van der Waals surface area contributed by atoms with E-state index in [4.69, 9.17) is 4.74 Å². The average molecular weight is 413 g/mol. The Morgan fingerprint density at radius 1 is 1.28 bits per heavy atom. The van der Waals surface area contributed by atoms with Crippen LogP contribution in [-0.2, 0) is 27.0 Å². The van der Waals surface area contributed by atoms with Crippen LogP contribution in [0.1, 0.15) is 30.4 Å². The molecule has 9 heteroatoms. The Morgan fingerprint density at radius 2 is 1.97 bits per heavy atom. The van der Waals surface area contributed by atoms with E-state index in [9.17, 15) is 22.8 Å². The molecule has 1 aromatic carbocycles. The van der Waals surface area contributed by atoms with Crippen LogP contribution in [0.15, 0.2) is 24.3 Å². The number of likely N-dealkylation sites (tertiary alicyclic amines) is 1. The van der Waals surface area contributed by atoms with Gasteiger partial charge in [-0.3, -0.25) is 19.4 Å². The van der Waals surface area contributed by atoms with Gasteiger partial charge in [0.2, 0.25) is 5.91 Å². The normalized spacial score (nSPS) is 26.0. The van der Waals surface area contributed by atoms with Crippen molar-refractivity contribution < 1.29 is 27.5 Å². The van der Waals surface area contributed by atoms with Crippen LogP contribution in [0.4, 0.5) is 13.2 Å². The molecule has 1 aromatic rings. The number of esters is 1. The third kappa shape index (κ3) is 4.90. The minimum absolute atomic E-state index is 0.00500. The standard InChI is InChI=1S/C20H26F3N3O3/c1-25-15(7-8-17(27)29-2)11-24-19(28)18-16(25)9-10-26(18)12-13-3-5-14(6-4-13)20(21,22)23/h3-6,15-16,18H,7-12H2,1-2H3,(H,24,28)/t15-,16+,18-/m0/s1. The molecule has 2 aliphatic heterocycles. The number of hydrogen-bond acceptors (Lipinski definition) is 5. The molecular formula is C20H26F3N3O3. The Hall–Kier alpha value is -2.13. The predicted molar refractivity (Wildman–Crippen MR) is 99.9 cm³/mol. The summed E-state index contributed by atoms with van der Waals surface area (Å²) in [6.07, 6.45) is -2.70. The number of halogens is 3. The van der Waals surface area contributed by atoms with Crippen molar-refractivity contribution >= 4 is 11.9 Å². The van der Waals surface area contributed by atoms with E-state index in [0.29, 0.717) is 26.1 Å². The van der Waals surface area contributed by atoms with E-state index in [0.717, 1.165) is 24.1 Å². The number of ether oxygens (including phenoxy) is 1. The molecule has 0 bridgehead atoms. The number of carbonyl (C=O) groups is 2. The van der Waals surface area contributed by atoms with Gasteiger partial charge in [-0.2, -0.15) is 13.2 Å². The summed E-state index contributed by atoms with van der Waals surface area (Å²) in [5.41, 5.74) is 0.0570. The van der Waals surface area contributed by atoms with Gasteiger partial charge in [-0.1, -0.05) is 12.1 Å². The van der Waals surface area contributed by atoms with Crippen LogP contribution in [0.2, 0.25) is 0 Å². The fourth-order valence-electron chi connectivity index (χ4n) is 4.25. The fourth-order valence-corrected chi connectivity index (χ4v) is 4.25. The van der Waals surface area contributed by atoms with Gasteiger partial charge in [0.15, 0.2) is 0 Å². The highest BCUT2D eigenvalue weighted by molar-refractivity contribution is 5.83. The van der Waals surface area contributed by atoms with Crippen LogP contribution in [0, 0.1) is 0 Å². The second-order valence-corrected chi connectivity index (χ2v) is 7.65. The van der Waals surface area contributed by atoms with Gasteiger partial charge in [0.1, 0.15) is 6.04 Å². The van der Waals surface area contributed by atoms with Gasteiger partial charge in [-0.25, -0.2) is 0 Å². The molecule has 1 N–H and O–H groups in total. The molecule has 2 saturated heterocycles. The monoisotopic (exact) mass is 413 g/mol. The van der Waals surface area contributed by atoms with Crippen molar-refractivity contribution in [3.05, 3.63) is 35.4 Å². The van der Waals surface area contributed by atoms with Crippen LogP contribution in [0.5, 0.6) is 0 Å². The van der Waals surface area contributed by atoms with Gasteiger partial charge in [-0.05, 0) is 37.6 Å². The maximum atomic E-state index is 12.8. The van der Waals surface area contributed by atoms with Crippen molar-refractivity contribution in [1.82, 2.24) is 15.1 Å². The van der Waals surface area contributed by atoms with Crippen molar-refractivity contribution in [2.45, 2.75) is 50.1 Å².